The van der Waals surface area contributed by atoms with Crippen molar-refractivity contribution in [2.24, 2.45) is 7.05 Å². The van der Waals surface area contributed by atoms with Gasteiger partial charge in [-0.05, 0) is 14.0 Å². The van der Waals surface area contributed by atoms with E-state index < -0.39 is 0 Å². The van der Waals surface area contributed by atoms with Crippen LogP contribution in [-0.4, -0.2) is 54.8 Å². The number of ether oxygens (including phenoxy) is 1. The number of aryl methyl sites for hydroxylation is 1. The van der Waals surface area contributed by atoms with Crippen molar-refractivity contribution in [3.05, 3.63) is 18.2 Å². The molecule has 0 radical (unpaired) electrons. The molecule has 1 aromatic heterocycles. The van der Waals surface area contributed by atoms with Crippen LogP contribution in [0.5, 0.6) is 0 Å². The zero-order valence-corrected chi connectivity index (χ0v) is 11.3. The molecule has 1 atom stereocenters. The number of rotatable bonds is 8. The van der Waals surface area contributed by atoms with Gasteiger partial charge in [0.15, 0.2) is 0 Å². The van der Waals surface area contributed by atoms with Crippen LogP contribution < -0.4 is 5.32 Å². The van der Waals surface area contributed by atoms with Crippen LogP contribution in [0.4, 0.5) is 0 Å². The molecule has 1 aromatic rings. The van der Waals surface area contributed by atoms with Crippen LogP contribution in [0, 0.1) is 0 Å². The minimum Gasteiger partial charge on any atom is -0.383 e. The number of methoxy groups -OCH3 is 1. The Bertz CT molecular complexity index is 313. The molecule has 0 aliphatic heterocycles. The number of aromatic nitrogens is 2. The summed E-state index contributed by atoms with van der Waals surface area (Å²) in [4.78, 5) is 6.58. The molecule has 0 saturated heterocycles. The molecule has 1 N–H and O–H groups in total. The number of hydrogen-bond acceptors (Lipinski definition) is 4. The van der Waals surface area contributed by atoms with E-state index >= 15 is 0 Å². The Kier molecular flexibility index (Phi) is 6.18. The van der Waals surface area contributed by atoms with Crippen molar-refractivity contribution in [1.29, 1.82) is 0 Å². The minimum absolute atomic E-state index is 0.283. The Hall–Kier alpha value is -0.910. The van der Waals surface area contributed by atoms with Gasteiger partial charge in [0.2, 0.25) is 0 Å². The fourth-order valence-electron chi connectivity index (χ4n) is 1.72. The Labute approximate surface area is 104 Å². The van der Waals surface area contributed by atoms with Crippen LogP contribution in [0.15, 0.2) is 12.4 Å². The average molecular weight is 240 g/mol. The molecule has 5 nitrogen and oxygen atoms in total. The van der Waals surface area contributed by atoms with Crippen molar-refractivity contribution >= 4 is 0 Å². The van der Waals surface area contributed by atoms with Crippen molar-refractivity contribution < 1.29 is 4.74 Å². The normalized spacial score (nSPS) is 13.2. The monoisotopic (exact) mass is 240 g/mol. The van der Waals surface area contributed by atoms with E-state index in [1.54, 1.807) is 7.11 Å². The Balaban J connectivity index is 2.20. The molecule has 5 heteroatoms. The Morgan fingerprint density at radius 1 is 1.53 bits per heavy atom. The predicted octanol–water partition coefficient (Wildman–Crippen LogP) is 0.649. The van der Waals surface area contributed by atoms with Gasteiger partial charge in [0.25, 0.3) is 0 Å². The topological polar surface area (TPSA) is 42.3 Å². The summed E-state index contributed by atoms with van der Waals surface area (Å²) < 4.78 is 7.09. The minimum atomic E-state index is 0.283. The first kappa shape index (κ1) is 14.2. The molecule has 1 unspecified atom stereocenters. The molecule has 0 spiro atoms. The fourth-order valence-corrected chi connectivity index (χ4v) is 1.72. The third-order valence-electron chi connectivity index (χ3n) is 2.87. The summed E-state index contributed by atoms with van der Waals surface area (Å²) in [6, 6.07) is 0.283. The molecule has 0 saturated carbocycles. The second-order valence-corrected chi connectivity index (χ2v) is 4.37. The summed E-state index contributed by atoms with van der Waals surface area (Å²) in [5.41, 5.74) is 0. The van der Waals surface area contributed by atoms with E-state index in [1.165, 1.54) is 0 Å². The second kappa shape index (κ2) is 7.42. The van der Waals surface area contributed by atoms with Crippen molar-refractivity contribution in [2.75, 3.05) is 40.4 Å². The van der Waals surface area contributed by atoms with Crippen LogP contribution in [-0.2, 0) is 11.8 Å². The summed E-state index contributed by atoms with van der Waals surface area (Å²) in [5.74, 6) is 1.07. The van der Waals surface area contributed by atoms with Gasteiger partial charge in [-0.1, -0.05) is 0 Å². The van der Waals surface area contributed by atoms with Gasteiger partial charge in [-0.3, -0.25) is 0 Å². The van der Waals surface area contributed by atoms with E-state index in [2.05, 4.69) is 29.2 Å². The standard InChI is InChI=1S/C12H24N4O/c1-11(12-14-6-8-16(12)3)13-5-7-15(2)9-10-17-4/h6,8,11,13H,5,7,9-10H2,1-4H3. The summed E-state index contributed by atoms with van der Waals surface area (Å²) in [6.45, 7) is 5.85. The van der Waals surface area contributed by atoms with Crippen LogP contribution in [0.3, 0.4) is 0 Å². The average Bonchev–Trinajstić information content (AvgIpc) is 2.72. The number of likely N-dealkylation sites (N-methyl/N-ethyl adjacent to an activating group) is 1. The van der Waals surface area contributed by atoms with Crippen LogP contribution >= 0.6 is 0 Å². The van der Waals surface area contributed by atoms with Crippen LogP contribution in [0.2, 0.25) is 0 Å². The second-order valence-electron chi connectivity index (χ2n) is 4.37. The highest BCUT2D eigenvalue weighted by Crippen LogP contribution is 2.07. The van der Waals surface area contributed by atoms with E-state index in [0.717, 1.165) is 32.1 Å². The zero-order chi connectivity index (χ0) is 12.7. The highest BCUT2D eigenvalue weighted by Gasteiger charge is 2.09. The van der Waals surface area contributed by atoms with Crippen molar-refractivity contribution in [1.82, 2.24) is 19.8 Å². The lowest BCUT2D eigenvalue weighted by Crippen LogP contribution is -2.33. The molecule has 0 bridgehead atoms. The quantitative estimate of drug-likeness (QED) is 0.724. The lowest BCUT2D eigenvalue weighted by molar-refractivity contribution is 0.161. The molecule has 98 valence electrons. The van der Waals surface area contributed by atoms with Gasteiger partial charge >= 0.3 is 0 Å². The van der Waals surface area contributed by atoms with Gasteiger partial charge in [-0.2, -0.15) is 0 Å². The lowest BCUT2D eigenvalue weighted by Gasteiger charge is -2.18. The third-order valence-corrected chi connectivity index (χ3v) is 2.87. The summed E-state index contributed by atoms with van der Waals surface area (Å²) in [6.07, 6.45) is 3.80. The maximum absolute atomic E-state index is 5.04. The highest BCUT2D eigenvalue weighted by molar-refractivity contribution is 4.96. The molecular formula is C12H24N4O. The highest BCUT2D eigenvalue weighted by atomic mass is 16.5. The smallest absolute Gasteiger partial charge is 0.125 e. The molecule has 1 heterocycles. The predicted molar refractivity (Wildman–Crippen MR) is 69.0 cm³/mol. The summed E-state index contributed by atoms with van der Waals surface area (Å²) >= 11 is 0. The Morgan fingerprint density at radius 3 is 2.88 bits per heavy atom. The number of nitrogens with zero attached hydrogens (tertiary/aromatic N) is 3. The molecule has 0 aliphatic rings. The van der Waals surface area contributed by atoms with E-state index in [9.17, 15) is 0 Å². The first-order valence-corrected chi connectivity index (χ1v) is 6.03. The molecule has 0 fully saturated rings. The number of hydrogen-bond donors (Lipinski definition) is 1. The van der Waals surface area contributed by atoms with Gasteiger partial charge in [0.05, 0.1) is 12.6 Å². The molecular weight excluding hydrogens is 216 g/mol. The van der Waals surface area contributed by atoms with Crippen molar-refractivity contribution in [2.45, 2.75) is 13.0 Å². The largest absolute Gasteiger partial charge is 0.383 e. The fraction of sp³-hybridized carbons (Fsp3) is 0.750. The number of nitrogens with one attached hydrogen (secondary N) is 1. The first-order valence-electron chi connectivity index (χ1n) is 6.03. The maximum atomic E-state index is 5.04. The summed E-state index contributed by atoms with van der Waals surface area (Å²) in [7, 11) is 5.85. The van der Waals surface area contributed by atoms with Gasteiger partial charge < -0.3 is 19.5 Å². The molecule has 0 amide bonds. The van der Waals surface area contributed by atoms with Crippen molar-refractivity contribution in [3.8, 4) is 0 Å². The Morgan fingerprint density at radius 2 is 2.29 bits per heavy atom. The molecule has 0 aliphatic carbocycles. The maximum Gasteiger partial charge on any atom is 0.125 e. The third kappa shape index (κ3) is 4.85. The first-order chi connectivity index (χ1) is 8.15. The van der Waals surface area contributed by atoms with Crippen LogP contribution in [0.25, 0.3) is 0 Å². The SMILES string of the molecule is COCCN(C)CCNC(C)c1nccn1C. The van der Waals surface area contributed by atoms with E-state index in [-0.39, 0.29) is 6.04 Å². The van der Waals surface area contributed by atoms with Gasteiger partial charge in [0.1, 0.15) is 5.82 Å². The lowest BCUT2D eigenvalue weighted by atomic mass is 10.3. The molecule has 1 rings (SSSR count). The zero-order valence-electron chi connectivity index (χ0n) is 11.3. The van der Waals surface area contributed by atoms with Crippen molar-refractivity contribution in [3.63, 3.8) is 0 Å². The summed E-state index contributed by atoms with van der Waals surface area (Å²) in [5, 5.41) is 3.47. The molecule has 0 aromatic carbocycles. The van der Waals surface area contributed by atoms with E-state index in [1.807, 2.05) is 24.0 Å². The van der Waals surface area contributed by atoms with E-state index in [4.69, 9.17) is 4.74 Å². The molecule has 17 heavy (non-hydrogen) atoms. The van der Waals surface area contributed by atoms with Gasteiger partial charge in [-0.25, -0.2) is 4.98 Å². The van der Waals surface area contributed by atoms with Gasteiger partial charge in [0, 0.05) is 46.2 Å². The van der Waals surface area contributed by atoms with Crippen LogP contribution in [0.1, 0.15) is 18.8 Å². The van der Waals surface area contributed by atoms with E-state index in [0.29, 0.717) is 0 Å². The van der Waals surface area contributed by atoms with Gasteiger partial charge in [-0.15, -0.1) is 0 Å². The number of imidazole rings is 1.